The number of methoxy groups -OCH3 is 1. The van der Waals surface area contributed by atoms with E-state index in [1.807, 2.05) is 46.0 Å². The Labute approximate surface area is 148 Å². The highest BCUT2D eigenvalue weighted by atomic mass is 16.5. The van der Waals surface area contributed by atoms with Crippen LogP contribution < -0.4 is 0 Å². The van der Waals surface area contributed by atoms with E-state index in [9.17, 15) is 9.59 Å². The molecule has 132 valence electrons. The van der Waals surface area contributed by atoms with E-state index in [1.165, 1.54) is 7.11 Å². The Bertz CT molecular complexity index is 724. The van der Waals surface area contributed by atoms with Gasteiger partial charge in [0.15, 0.2) is 0 Å². The molecule has 1 aliphatic heterocycles. The largest absolute Gasteiger partial charge is 0.469 e. The Kier molecular flexibility index (Phi) is 5.53. The highest BCUT2D eigenvalue weighted by Gasteiger charge is 2.30. The van der Waals surface area contributed by atoms with Crippen LogP contribution in [0.3, 0.4) is 0 Å². The number of rotatable bonds is 5. The van der Waals surface area contributed by atoms with Crippen molar-refractivity contribution < 1.29 is 14.3 Å². The standard InChI is InChI=1S/C20H24N2O3/c1-25-19(23)14-17-10-5-6-13-22(17)20(24)18-11-7-12-21(18)15-16-8-3-2-4-9-16/h2-4,7-9,11-12,17H,5-6,10,13-15H2,1H3. The monoisotopic (exact) mass is 340 g/mol. The molecule has 1 fully saturated rings. The van der Waals surface area contributed by atoms with Crippen molar-refractivity contribution in [3.8, 4) is 0 Å². The first-order valence-electron chi connectivity index (χ1n) is 8.76. The van der Waals surface area contributed by atoms with Crippen molar-refractivity contribution in [3.05, 3.63) is 59.9 Å². The minimum absolute atomic E-state index is 0.00506. The summed E-state index contributed by atoms with van der Waals surface area (Å²) in [6.45, 7) is 1.35. The van der Waals surface area contributed by atoms with Crippen molar-refractivity contribution >= 4 is 11.9 Å². The molecule has 0 aliphatic carbocycles. The summed E-state index contributed by atoms with van der Waals surface area (Å²) in [5, 5.41) is 0. The van der Waals surface area contributed by atoms with Gasteiger partial charge in [0.05, 0.1) is 13.5 Å². The van der Waals surface area contributed by atoms with Gasteiger partial charge in [0.1, 0.15) is 5.69 Å². The minimum Gasteiger partial charge on any atom is -0.469 e. The van der Waals surface area contributed by atoms with Crippen molar-refractivity contribution in [3.63, 3.8) is 0 Å². The second-order valence-electron chi connectivity index (χ2n) is 6.44. The van der Waals surface area contributed by atoms with E-state index >= 15 is 0 Å². The molecule has 1 aromatic heterocycles. The first kappa shape index (κ1) is 17.3. The molecule has 3 rings (SSSR count). The maximum absolute atomic E-state index is 13.1. The summed E-state index contributed by atoms with van der Waals surface area (Å²) in [5.41, 5.74) is 1.82. The summed E-state index contributed by atoms with van der Waals surface area (Å²) in [6.07, 6.45) is 5.06. The lowest BCUT2D eigenvalue weighted by atomic mass is 9.99. The molecule has 1 atom stereocenters. The molecule has 1 aromatic carbocycles. The third-order valence-corrected chi connectivity index (χ3v) is 4.76. The molecule has 1 aliphatic rings. The normalized spacial score (nSPS) is 17.3. The number of nitrogens with zero attached hydrogens (tertiary/aromatic N) is 2. The number of likely N-dealkylation sites (tertiary alicyclic amines) is 1. The van der Waals surface area contributed by atoms with Crippen LogP contribution in [-0.4, -0.2) is 41.0 Å². The van der Waals surface area contributed by atoms with Crippen molar-refractivity contribution in [2.75, 3.05) is 13.7 Å². The number of carbonyl (C=O) groups is 2. The lowest BCUT2D eigenvalue weighted by molar-refractivity contribution is -0.142. The molecule has 5 nitrogen and oxygen atoms in total. The summed E-state index contributed by atoms with van der Waals surface area (Å²) in [7, 11) is 1.39. The molecule has 25 heavy (non-hydrogen) atoms. The SMILES string of the molecule is COC(=O)CC1CCCCN1C(=O)c1cccn1Cc1ccccc1. The Morgan fingerprint density at radius 1 is 1.12 bits per heavy atom. The highest BCUT2D eigenvalue weighted by Crippen LogP contribution is 2.23. The Morgan fingerprint density at radius 2 is 1.92 bits per heavy atom. The van der Waals surface area contributed by atoms with Gasteiger partial charge in [0, 0.05) is 25.3 Å². The fourth-order valence-corrected chi connectivity index (χ4v) is 3.43. The third kappa shape index (κ3) is 4.10. The molecule has 0 radical (unpaired) electrons. The van der Waals surface area contributed by atoms with Gasteiger partial charge >= 0.3 is 5.97 Å². The van der Waals surface area contributed by atoms with Gasteiger partial charge in [-0.25, -0.2) is 0 Å². The van der Waals surface area contributed by atoms with Crippen molar-refractivity contribution in [2.24, 2.45) is 0 Å². The molecule has 0 N–H and O–H groups in total. The van der Waals surface area contributed by atoms with Crippen LogP contribution in [0.15, 0.2) is 48.7 Å². The van der Waals surface area contributed by atoms with Crippen molar-refractivity contribution in [2.45, 2.75) is 38.3 Å². The summed E-state index contributed by atoms with van der Waals surface area (Å²) in [6, 6.07) is 13.8. The molecule has 2 aromatic rings. The zero-order valence-electron chi connectivity index (χ0n) is 14.6. The van der Waals surface area contributed by atoms with Crippen molar-refractivity contribution in [1.82, 2.24) is 9.47 Å². The number of amides is 1. The van der Waals surface area contributed by atoms with Gasteiger partial charge in [-0.05, 0) is 37.0 Å². The van der Waals surface area contributed by atoms with Crippen LogP contribution in [0.1, 0.15) is 41.7 Å². The van der Waals surface area contributed by atoms with Gasteiger partial charge in [-0.3, -0.25) is 9.59 Å². The maximum atomic E-state index is 13.1. The topological polar surface area (TPSA) is 51.5 Å². The van der Waals surface area contributed by atoms with E-state index in [0.717, 1.165) is 24.8 Å². The molecule has 1 saturated heterocycles. The minimum atomic E-state index is -0.260. The molecule has 0 spiro atoms. The second kappa shape index (κ2) is 8.01. The fourth-order valence-electron chi connectivity index (χ4n) is 3.43. The van der Waals surface area contributed by atoms with E-state index < -0.39 is 0 Å². The van der Waals surface area contributed by atoms with E-state index in [-0.39, 0.29) is 24.3 Å². The average molecular weight is 340 g/mol. The van der Waals surface area contributed by atoms with Gasteiger partial charge in [0.25, 0.3) is 5.91 Å². The predicted molar refractivity (Wildman–Crippen MR) is 95.3 cm³/mol. The highest BCUT2D eigenvalue weighted by molar-refractivity contribution is 5.93. The van der Waals surface area contributed by atoms with E-state index in [2.05, 4.69) is 12.1 Å². The number of hydrogen-bond donors (Lipinski definition) is 0. The van der Waals surface area contributed by atoms with Gasteiger partial charge in [0.2, 0.25) is 0 Å². The second-order valence-corrected chi connectivity index (χ2v) is 6.44. The molecule has 5 heteroatoms. The van der Waals surface area contributed by atoms with E-state index in [0.29, 0.717) is 18.8 Å². The zero-order valence-corrected chi connectivity index (χ0v) is 14.6. The molecular formula is C20H24N2O3. The van der Waals surface area contributed by atoms with Gasteiger partial charge in [-0.2, -0.15) is 0 Å². The third-order valence-electron chi connectivity index (χ3n) is 4.76. The summed E-state index contributed by atoms with van der Waals surface area (Å²) < 4.78 is 6.77. The van der Waals surface area contributed by atoms with Gasteiger partial charge in [-0.15, -0.1) is 0 Å². The molecule has 0 bridgehead atoms. The zero-order chi connectivity index (χ0) is 17.6. The number of ether oxygens (including phenoxy) is 1. The average Bonchev–Trinajstić information content (AvgIpc) is 3.10. The number of piperidine rings is 1. The molecule has 2 heterocycles. The summed E-state index contributed by atoms with van der Waals surface area (Å²) >= 11 is 0. The smallest absolute Gasteiger partial charge is 0.307 e. The van der Waals surface area contributed by atoms with Crippen molar-refractivity contribution in [1.29, 1.82) is 0 Å². The molecule has 0 saturated carbocycles. The number of benzene rings is 1. The van der Waals surface area contributed by atoms with Crippen LogP contribution in [-0.2, 0) is 16.1 Å². The van der Waals surface area contributed by atoms with Crippen LogP contribution >= 0.6 is 0 Å². The number of hydrogen-bond acceptors (Lipinski definition) is 3. The Balaban J connectivity index is 1.77. The van der Waals surface area contributed by atoms with Gasteiger partial charge < -0.3 is 14.2 Å². The first-order chi connectivity index (χ1) is 12.2. The Morgan fingerprint density at radius 3 is 2.68 bits per heavy atom. The molecule has 1 amide bonds. The quantitative estimate of drug-likeness (QED) is 0.786. The van der Waals surface area contributed by atoms with Crippen LogP contribution in [0.4, 0.5) is 0 Å². The van der Waals surface area contributed by atoms with Crippen LogP contribution in [0.5, 0.6) is 0 Å². The van der Waals surface area contributed by atoms with Gasteiger partial charge in [-0.1, -0.05) is 30.3 Å². The van der Waals surface area contributed by atoms with Crippen LogP contribution in [0, 0.1) is 0 Å². The van der Waals surface area contributed by atoms with E-state index in [1.54, 1.807) is 0 Å². The maximum Gasteiger partial charge on any atom is 0.307 e. The van der Waals surface area contributed by atoms with Crippen LogP contribution in [0.2, 0.25) is 0 Å². The number of aromatic nitrogens is 1. The number of esters is 1. The molecule has 1 unspecified atom stereocenters. The first-order valence-corrected chi connectivity index (χ1v) is 8.76. The summed E-state index contributed by atoms with van der Waals surface area (Å²) in [4.78, 5) is 26.6. The molecular weight excluding hydrogens is 316 g/mol. The fraction of sp³-hybridized carbons (Fsp3) is 0.400. The predicted octanol–water partition coefficient (Wildman–Crippen LogP) is 3.09. The summed E-state index contributed by atoms with van der Waals surface area (Å²) in [5.74, 6) is -0.265. The van der Waals surface area contributed by atoms with Crippen LogP contribution in [0.25, 0.3) is 0 Å². The van der Waals surface area contributed by atoms with E-state index in [4.69, 9.17) is 4.74 Å². The Hall–Kier alpha value is -2.56. The lowest BCUT2D eigenvalue weighted by Crippen LogP contribution is -2.45. The lowest BCUT2D eigenvalue weighted by Gasteiger charge is -2.35. The number of carbonyl (C=O) groups excluding carboxylic acids is 2.